The lowest BCUT2D eigenvalue weighted by molar-refractivity contribution is 0.00330. The molecule has 2 rings (SSSR count). The van der Waals surface area contributed by atoms with Gasteiger partial charge in [-0.25, -0.2) is 0 Å². The number of nitrogens with zero attached hydrogens (tertiary/aromatic N) is 1. The maximum Gasteiger partial charge on any atom is 0.124 e. The van der Waals surface area contributed by atoms with E-state index in [0.29, 0.717) is 19.8 Å². The molecule has 2 atom stereocenters. The van der Waals surface area contributed by atoms with E-state index in [9.17, 15) is 5.11 Å². The molecule has 5 nitrogen and oxygen atoms in total. The number of hydrogen-bond acceptors (Lipinski definition) is 5. The summed E-state index contributed by atoms with van der Waals surface area (Å²) in [7, 11) is 3.27. The van der Waals surface area contributed by atoms with Crippen LogP contribution in [0.5, 0.6) is 11.5 Å². The lowest BCUT2D eigenvalue weighted by atomic mass is 10.0. The third kappa shape index (κ3) is 5.68. The zero-order chi connectivity index (χ0) is 16.7. The van der Waals surface area contributed by atoms with Crippen molar-refractivity contribution in [1.29, 1.82) is 0 Å². The molecular weight excluding hydrogens is 294 g/mol. The van der Waals surface area contributed by atoms with E-state index in [-0.39, 0.29) is 0 Å². The fraction of sp³-hybridized carbons (Fsp3) is 0.667. The summed E-state index contributed by atoms with van der Waals surface area (Å²) in [6, 6.07) is 5.62. The van der Waals surface area contributed by atoms with E-state index in [2.05, 4.69) is 11.8 Å². The first-order valence-corrected chi connectivity index (χ1v) is 8.31. The number of ether oxygens (including phenoxy) is 3. The van der Waals surface area contributed by atoms with Crippen molar-refractivity contribution in [2.75, 3.05) is 40.5 Å². The van der Waals surface area contributed by atoms with Crippen LogP contribution in [0.3, 0.4) is 0 Å². The Hall–Kier alpha value is -1.30. The number of aliphatic hydroxyl groups excluding tert-OH is 1. The molecule has 1 aliphatic rings. The van der Waals surface area contributed by atoms with Crippen LogP contribution < -0.4 is 9.47 Å². The molecule has 130 valence electrons. The van der Waals surface area contributed by atoms with Gasteiger partial charge in [0.2, 0.25) is 0 Å². The van der Waals surface area contributed by atoms with E-state index in [0.717, 1.165) is 36.1 Å². The number of hydrogen-bond donors (Lipinski definition) is 1. The van der Waals surface area contributed by atoms with E-state index in [1.54, 1.807) is 14.2 Å². The van der Waals surface area contributed by atoms with Crippen molar-refractivity contribution in [3.05, 3.63) is 23.8 Å². The first-order valence-electron chi connectivity index (χ1n) is 8.31. The Morgan fingerprint density at radius 2 is 2.13 bits per heavy atom. The van der Waals surface area contributed by atoms with Gasteiger partial charge >= 0.3 is 0 Å². The zero-order valence-corrected chi connectivity index (χ0v) is 14.5. The van der Waals surface area contributed by atoms with Crippen LogP contribution in [0.15, 0.2) is 18.2 Å². The molecule has 23 heavy (non-hydrogen) atoms. The van der Waals surface area contributed by atoms with Crippen LogP contribution in [-0.4, -0.2) is 56.6 Å². The van der Waals surface area contributed by atoms with Crippen molar-refractivity contribution >= 4 is 0 Å². The summed E-state index contributed by atoms with van der Waals surface area (Å²) in [6.07, 6.45) is 2.05. The molecule has 1 fully saturated rings. The fourth-order valence-electron chi connectivity index (χ4n) is 3.10. The molecule has 1 aliphatic heterocycles. The monoisotopic (exact) mass is 323 g/mol. The van der Waals surface area contributed by atoms with Gasteiger partial charge in [0.1, 0.15) is 11.5 Å². The predicted octanol–water partition coefficient (Wildman–Crippen LogP) is 2.31. The van der Waals surface area contributed by atoms with Gasteiger partial charge in [-0.05, 0) is 43.5 Å². The highest BCUT2D eigenvalue weighted by molar-refractivity contribution is 5.39. The fourth-order valence-corrected chi connectivity index (χ4v) is 3.10. The van der Waals surface area contributed by atoms with Crippen LogP contribution in [0, 0.1) is 5.92 Å². The Bertz CT molecular complexity index is 480. The Labute approximate surface area is 139 Å². The molecule has 5 heteroatoms. The molecule has 0 aliphatic carbocycles. The van der Waals surface area contributed by atoms with Crippen LogP contribution in [0.1, 0.15) is 25.3 Å². The van der Waals surface area contributed by atoms with Gasteiger partial charge < -0.3 is 24.2 Å². The number of methoxy groups -OCH3 is 2. The van der Waals surface area contributed by atoms with Gasteiger partial charge in [0, 0.05) is 18.7 Å². The first kappa shape index (κ1) is 18.0. The molecule has 1 N–H and O–H groups in total. The smallest absolute Gasteiger partial charge is 0.124 e. The Balaban J connectivity index is 1.77. The van der Waals surface area contributed by atoms with E-state index in [4.69, 9.17) is 14.2 Å². The summed E-state index contributed by atoms with van der Waals surface area (Å²) in [4.78, 5) is 2.33. The molecule has 1 aromatic rings. The van der Waals surface area contributed by atoms with E-state index < -0.39 is 6.10 Å². The first-order chi connectivity index (χ1) is 11.1. The number of piperidine rings is 1. The van der Waals surface area contributed by atoms with Gasteiger partial charge in [-0.15, -0.1) is 0 Å². The summed E-state index contributed by atoms with van der Waals surface area (Å²) >= 11 is 0. The van der Waals surface area contributed by atoms with Crippen LogP contribution in [0.2, 0.25) is 0 Å². The lowest BCUT2D eigenvalue weighted by Gasteiger charge is -2.32. The van der Waals surface area contributed by atoms with Crippen molar-refractivity contribution in [3.8, 4) is 11.5 Å². The second kappa shape index (κ2) is 9.11. The average Bonchev–Trinajstić information content (AvgIpc) is 2.54. The summed E-state index contributed by atoms with van der Waals surface area (Å²) in [5.41, 5.74) is 0.922. The minimum Gasteiger partial charge on any atom is -0.497 e. The Morgan fingerprint density at radius 1 is 1.30 bits per heavy atom. The van der Waals surface area contributed by atoms with E-state index >= 15 is 0 Å². The maximum absolute atomic E-state index is 10.2. The van der Waals surface area contributed by atoms with Gasteiger partial charge in [0.25, 0.3) is 0 Å². The highest BCUT2D eigenvalue weighted by atomic mass is 16.5. The topological polar surface area (TPSA) is 51.2 Å². The second-order valence-corrected chi connectivity index (χ2v) is 6.35. The van der Waals surface area contributed by atoms with E-state index in [1.165, 1.54) is 12.8 Å². The second-order valence-electron chi connectivity index (χ2n) is 6.35. The zero-order valence-electron chi connectivity index (χ0n) is 14.5. The largest absolute Gasteiger partial charge is 0.497 e. The molecular formula is C18H29NO4. The van der Waals surface area contributed by atoms with Crippen molar-refractivity contribution in [1.82, 2.24) is 4.90 Å². The van der Waals surface area contributed by atoms with Gasteiger partial charge in [0.15, 0.2) is 0 Å². The molecule has 1 saturated heterocycles. The van der Waals surface area contributed by atoms with Crippen LogP contribution in [0.25, 0.3) is 0 Å². The minimum atomic E-state index is -0.461. The number of likely N-dealkylation sites (tertiary alicyclic amines) is 1. The quantitative estimate of drug-likeness (QED) is 0.796. The van der Waals surface area contributed by atoms with Crippen molar-refractivity contribution in [2.45, 2.75) is 32.5 Å². The number of rotatable bonds is 8. The maximum atomic E-state index is 10.2. The predicted molar refractivity (Wildman–Crippen MR) is 90.0 cm³/mol. The molecule has 0 bridgehead atoms. The third-order valence-electron chi connectivity index (χ3n) is 4.27. The van der Waals surface area contributed by atoms with Crippen molar-refractivity contribution in [2.24, 2.45) is 5.92 Å². The third-order valence-corrected chi connectivity index (χ3v) is 4.27. The highest BCUT2D eigenvalue weighted by Gasteiger charge is 2.19. The van der Waals surface area contributed by atoms with Crippen molar-refractivity contribution < 1.29 is 19.3 Å². The molecule has 0 saturated carbocycles. The molecule has 1 aromatic carbocycles. The van der Waals surface area contributed by atoms with Gasteiger partial charge in [0.05, 0.1) is 33.5 Å². The van der Waals surface area contributed by atoms with E-state index in [1.807, 2.05) is 18.2 Å². The van der Waals surface area contributed by atoms with Crippen molar-refractivity contribution in [3.63, 3.8) is 0 Å². The Kier molecular flexibility index (Phi) is 7.15. The highest BCUT2D eigenvalue weighted by Crippen LogP contribution is 2.24. The number of benzene rings is 1. The van der Waals surface area contributed by atoms with Crippen LogP contribution in [0.4, 0.5) is 0 Å². The number of aliphatic hydroxyl groups is 1. The Morgan fingerprint density at radius 3 is 2.83 bits per heavy atom. The normalized spacial score (nSPS) is 20.3. The summed E-state index contributed by atoms with van der Waals surface area (Å²) in [6.45, 7) is 5.81. The molecule has 0 spiro atoms. The number of β-amino-alcohol motifs (C(OH)–C–C–N with tert-alkyl or cyclic N) is 1. The molecule has 0 aromatic heterocycles. The average molecular weight is 323 g/mol. The molecule has 0 unspecified atom stereocenters. The summed E-state index contributed by atoms with van der Waals surface area (Å²) in [5, 5.41) is 10.2. The molecule has 0 radical (unpaired) electrons. The SMILES string of the molecule is COc1ccc(OC)c(COC[C@@H](O)CN2CCC[C@H](C)C2)c1. The molecule has 0 amide bonds. The molecule has 1 heterocycles. The lowest BCUT2D eigenvalue weighted by Crippen LogP contribution is -2.40. The summed E-state index contributed by atoms with van der Waals surface area (Å²) in [5.74, 6) is 2.26. The minimum absolute atomic E-state index is 0.325. The van der Waals surface area contributed by atoms with Gasteiger partial charge in [-0.3, -0.25) is 0 Å². The van der Waals surface area contributed by atoms with Crippen LogP contribution in [-0.2, 0) is 11.3 Å². The summed E-state index contributed by atoms with van der Waals surface area (Å²) < 4.78 is 16.2. The standard InChI is InChI=1S/C18H29NO4/c1-14-5-4-8-19(10-14)11-16(20)13-23-12-15-9-17(21-2)6-7-18(15)22-3/h6-7,9,14,16,20H,4-5,8,10-13H2,1-3H3/t14-,16-/m0/s1. The van der Waals surface area contributed by atoms with Gasteiger partial charge in [-0.1, -0.05) is 6.92 Å². The van der Waals surface area contributed by atoms with Crippen LogP contribution >= 0.6 is 0 Å². The van der Waals surface area contributed by atoms with Gasteiger partial charge in [-0.2, -0.15) is 0 Å².